The van der Waals surface area contributed by atoms with Crippen LogP contribution in [0, 0.1) is 17.7 Å². The van der Waals surface area contributed by atoms with Crippen molar-refractivity contribution < 1.29 is 13.9 Å². The van der Waals surface area contributed by atoms with E-state index in [0.717, 1.165) is 32.4 Å². The lowest BCUT2D eigenvalue weighted by Gasteiger charge is -2.24. The third-order valence-corrected chi connectivity index (χ3v) is 3.93. The van der Waals surface area contributed by atoms with Crippen LogP contribution >= 0.6 is 0 Å². The predicted molar refractivity (Wildman–Crippen MR) is 76.2 cm³/mol. The van der Waals surface area contributed by atoms with Gasteiger partial charge in [0.25, 0.3) is 0 Å². The highest BCUT2D eigenvalue weighted by molar-refractivity contribution is 5.70. The topological polar surface area (TPSA) is 29.5 Å². The van der Waals surface area contributed by atoms with Crippen molar-refractivity contribution in [2.75, 3.05) is 13.1 Å². The van der Waals surface area contributed by atoms with E-state index >= 15 is 0 Å². The first-order valence-corrected chi connectivity index (χ1v) is 7.30. The zero-order valence-electron chi connectivity index (χ0n) is 12.1. The minimum absolute atomic E-state index is 0.330. The smallest absolute Gasteiger partial charge is 0.410 e. The zero-order chi connectivity index (χ0) is 14.5. The predicted octanol–water partition coefficient (Wildman–Crippen LogP) is 4.08. The summed E-state index contributed by atoms with van der Waals surface area (Å²) in [6.45, 7) is 5.80. The number of hydrogen-bond acceptors (Lipinski definition) is 2. The van der Waals surface area contributed by atoms with E-state index in [9.17, 15) is 9.18 Å². The Labute approximate surface area is 119 Å². The van der Waals surface area contributed by atoms with E-state index in [4.69, 9.17) is 4.74 Å². The summed E-state index contributed by atoms with van der Waals surface area (Å²) >= 11 is 0. The lowest BCUT2D eigenvalue weighted by molar-refractivity contribution is 0.142. The molecule has 0 spiro atoms. The maximum atomic E-state index is 12.8. The number of amides is 1. The van der Waals surface area contributed by atoms with Gasteiger partial charge in [0.2, 0.25) is 0 Å². The molecular weight excluding hydrogens is 257 g/mol. The van der Waals surface area contributed by atoms with Gasteiger partial charge < -0.3 is 9.64 Å². The molecule has 1 aromatic rings. The average molecular weight is 279 g/mol. The van der Waals surface area contributed by atoms with Crippen LogP contribution in [-0.2, 0) is 0 Å². The summed E-state index contributed by atoms with van der Waals surface area (Å²) in [6.07, 6.45) is 3.06. The first-order valence-electron chi connectivity index (χ1n) is 7.30. The van der Waals surface area contributed by atoms with Crippen LogP contribution in [0.5, 0.6) is 5.75 Å². The van der Waals surface area contributed by atoms with E-state index in [1.54, 1.807) is 4.90 Å². The van der Waals surface area contributed by atoms with Gasteiger partial charge in [-0.05, 0) is 48.9 Å². The zero-order valence-corrected chi connectivity index (χ0v) is 12.1. The summed E-state index contributed by atoms with van der Waals surface area (Å²) in [6, 6.07) is 5.54. The Morgan fingerprint density at radius 2 is 2.00 bits per heavy atom. The maximum absolute atomic E-state index is 12.8. The summed E-state index contributed by atoms with van der Waals surface area (Å²) in [5, 5.41) is 0. The van der Waals surface area contributed by atoms with Gasteiger partial charge in [-0.25, -0.2) is 9.18 Å². The Kier molecular flexibility index (Phi) is 4.99. The van der Waals surface area contributed by atoms with Gasteiger partial charge >= 0.3 is 6.09 Å². The number of hydrogen-bond donors (Lipinski definition) is 0. The van der Waals surface area contributed by atoms with Crippen molar-refractivity contribution in [1.82, 2.24) is 4.90 Å². The van der Waals surface area contributed by atoms with Gasteiger partial charge in [-0.15, -0.1) is 0 Å². The molecule has 2 unspecified atom stereocenters. The van der Waals surface area contributed by atoms with E-state index in [-0.39, 0.29) is 11.9 Å². The van der Waals surface area contributed by atoms with Crippen molar-refractivity contribution in [3.63, 3.8) is 0 Å². The van der Waals surface area contributed by atoms with E-state index in [1.165, 1.54) is 24.3 Å². The standard InChI is InChI=1S/C16H22FNO2/c1-3-13-5-4-12(2)10-18(11-13)16(19)20-15-8-6-14(17)7-9-15/h6-9,12-13H,3-5,10-11H2,1-2H3. The Morgan fingerprint density at radius 3 is 2.65 bits per heavy atom. The molecule has 1 aliphatic heterocycles. The number of rotatable bonds is 2. The molecule has 1 aliphatic rings. The van der Waals surface area contributed by atoms with Gasteiger partial charge in [0.1, 0.15) is 11.6 Å². The summed E-state index contributed by atoms with van der Waals surface area (Å²) < 4.78 is 18.2. The molecule has 3 nitrogen and oxygen atoms in total. The Hall–Kier alpha value is -1.58. The van der Waals surface area contributed by atoms with Crippen LogP contribution in [-0.4, -0.2) is 24.1 Å². The number of ether oxygens (including phenoxy) is 1. The Balaban J connectivity index is 2.00. The molecule has 0 radical (unpaired) electrons. The van der Waals surface area contributed by atoms with Crippen molar-refractivity contribution in [3.8, 4) is 5.75 Å². The summed E-state index contributed by atoms with van der Waals surface area (Å²) in [5.74, 6) is 1.09. The van der Waals surface area contributed by atoms with Crippen molar-refractivity contribution in [3.05, 3.63) is 30.1 Å². The quantitative estimate of drug-likeness (QED) is 0.816. The average Bonchev–Trinajstić information content (AvgIpc) is 2.63. The molecule has 0 saturated carbocycles. The molecule has 1 fully saturated rings. The number of likely N-dealkylation sites (tertiary alicyclic amines) is 1. The molecule has 0 aromatic heterocycles. The van der Waals surface area contributed by atoms with Crippen LogP contribution in [0.15, 0.2) is 24.3 Å². The fourth-order valence-electron chi connectivity index (χ4n) is 2.62. The first-order chi connectivity index (χ1) is 9.58. The molecule has 110 valence electrons. The molecule has 2 rings (SSSR count). The highest BCUT2D eigenvalue weighted by Gasteiger charge is 2.25. The maximum Gasteiger partial charge on any atom is 0.415 e. The molecule has 20 heavy (non-hydrogen) atoms. The molecule has 1 saturated heterocycles. The molecule has 0 N–H and O–H groups in total. The SMILES string of the molecule is CCC1CCC(C)CN(C(=O)Oc2ccc(F)cc2)C1. The van der Waals surface area contributed by atoms with Crippen LogP contribution in [0.2, 0.25) is 0 Å². The van der Waals surface area contributed by atoms with Gasteiger partial charge in [-0.1, -0.05) is 20.3 Å². The van der Waals surface area contributed by atoms with E-state index in [2.05, 4.69) is 13.8 Å². The molecule has 1 aromatic carbocycles. The van der Waals surface area contributed by atoms with E-state index < -0.39 is 0 Å². The van der Waals surface area contributed by atoms with Gasteiger partial charge in [-0.3, -0.25) is 0 Å². The lowest BCUT2D eigenvalue weighted by Crippen LogP contribution is -2.38. The molecule has 0 aliphatic carbocycles. The molecule has 4 heteroatoms. The second-order valence-corrected chi connectivity index (χ2v) is 5.68. The van der Waals surface area contributed by atoms with Crippen LogP contribution in [0.4, 0.5) is 9.18 Å². The third-order valence-electron chi connectivity index (χ3n) is 3.93. The molecule has 1 heterocycles. The Bertz CT molecular complexity index is 446. The van der Waals surface area contributed by atoms with E-state index in [0.29, 0.717) is 17.6 Å². The van der Waals surface area contributed by atoms with Crippen molar-refractivity contribution in [2.24, 2.45) is 11.8 Å². The summed E-state index contributed by atoms with van der Waals surface area (Å²) in [7, 11) is 0. The fourth-order valence-corrected chi connectivity index (χ4v) is 2.62. The van der Waals surface area contributed by atoms with Gasteiger partial charge in [0.15, 0.2) is 0 Å². The highest BCUT2D eigenvalue weighted by atomic mass is 19.1. The minimum atomic E-state index is -0.334. The minimum Gasteiger partial charge on any atom is -0.410 e. The van der Waals surface area contributed by atoms with Crippen LogP contribution in [0.3, 0.4) is 0 Å². The van der Waals surface area contributed by atoms with Crippen LogP contribution < -0.4 is 4.74 Å². The van der Waals surface area contributed by atoms with Crippen LogP contribution in [0.25, 0.3) is 0 Å². The number of carbonyl (C=O) groups excluding carboxylic acids is 1. The second kappa shape index (κ2) is 6.73. The van der Waals surface area contributed by atoms with Crippen molar-refractivity contribution >= 4 is 6.09 Å². The monoisotopic (exact) mass is 279 g/mol. The fraction of sp³-hybridized carbons (Fsp3) is 0.562. The molecule has 2 atom stereocenters. The first kappa shape index (κ1) is 14.8. The van der Waals surface area contributed by atoms with E-state index in [1.807, 2.05) is 0 Å². The van der Waals surface area contributed by atoms with Gasteiger partial charge in [0.05, 0.1) is 0 Å². The summed E-state index contributed by atoms with van der Waals surface area (Å²) in [4.78, 5) is 14.0. The normalized spacial score (nSPS) is 23.2. The van der Waals surface area contributed by atoms with Crippen LogP contribution in [0.1, 0.15) is 33.1 Å². The molecule has 1 amide bonds. The molecular formula is C16H22FNO2. The third kappa shape index (κ3) is 3.95. The Morgan fingerprint density at radius 1 is 1.30 bits per heavy atom. The number of carbonyl (C=O) groups is 1. The highest BCUT2D eigenvalue weighted by Crippen LogP contribution is 2.23. The second-order valence-electron chi connectivity index (χ2n) is 5.68. The van der Waals surface area contributed by atoms with Gasteiger partial charge in [-0.2, -0.15) is 0 Å². The largest absolute Gasteiger partial charge is 0.415 e. The summed E-state index contributed by atoms with van der Waals surface area (Å²) in [5.41, 5.74) is 0. The van der Waals surface area contributed by atoms with Crippen molar-refractivity contribution in [1.29, 1.82) is 0 Å². The van der Waals surface area contributed by atoms with Gasteiger partial charge in [0, 0.05) is 13.1 Å². The number of nitrogens with zero attached hydrogens (tertiary/aromatic N) is 1. The number of benzene rings is 1. The number of halogens is 1. The lowest BCUT2D eigenvalue weighted by atomic mass is 9.97. The molecule has 0 bridgehead atoms. The van der Waals surface area contributed by atoms with Crippen molar-refractivity contribution in [2.45, 2.75) is 33.1 Å².